The lowest BCUT2D eigenvalue weighted by Crippen LogP contribution is -2.41. The minimum absolute atomic E-state index is 0. The summed E-state index contributed by atoms with van der Waals surface area (Å²) < 4.78 is 8.64. The van der Waals surface area contributed by atoms with E-state index in [1.165, 1.54) is 5.69 Å². The number of halogens is 2. The van der Waals surface area contributed by atoms with Crippen molar-refractivity contribution in [3.63, 3.8) is 0 Å². The van der Waals surface area contributed by atoms with E-state index in [4.69, 9.17) is 4.74 Å². The van der Waals surface area contributed by atoms with Gasteiger partial charge in [-0.25, -0.2) is 0 Å². The van der Waals surface area contributed by atoms with E-state index in [0.717, 1.165) is 49.6 Å². The Kier molecular flexibility index (Phi) is 8.78. The highest BCUT2D eigenvalue weighted by molar-refractivity contribution is 14.0. The molecule has 1 N–H and O–H groups in total. The van der Waals surface area contributed by atoms with Crippen molar-refractivity contribution in [2.75, 3.05) is 33.9 Å². The summed E-state index contributed by atoms with van der Waals surface area (Å²) in [6.07, 6.45) is 4.35. The number of rotatable bonds is 4. The summed E-state index contributed by atoms with van der Waals surface area (Å²) in [6, 6.07) is 2.14. The fourth-order valence-electron chi connectivity index (χ4n) is 2.61. The van der Waals surface area contributed by atoms with E-state index in [1.807, 2.05) is 7.05 Å². The van der Waals surface area contributed by atoms with E-state index in [9.17, 15) is 0 Å². The van der Waals surface area contributed by atoms with Gasteiger partial charge < -0.3 is 19.5 Å². The van der Waals surface area contributed by atoms with Crippen molar-refractivity contribution in [2.24, 2.45) is 18.0 Å². The molecule has 1 saturated heterocycles. The molecule has 7 heteroatoms. The van der Waals surface area contributed by atoms with Crippen LogP contribution < -0.4 is 5.32 Å². The van der Waals surface area contributed by atoms with E-state index in [-0.39, 0.29) is 24.0 Å². The van der Waals surface area contributed by atoms with Crippen molar-refractivity contribution in [3.8, 4) is 0 Å². The van der Waals surface area contributed by atoms with Crippen LogP contribution in [0.3, 0.4) is 0 Å². The van der Waals surface area contributed by atoms with Crippen molar-refractivity contribution in [2.45, 2.75) is 19.4 Å². The Balaban J connectivity index is 0.00000242. The zero-order valence-electron chi connectivity index (χ0n) is 13.5. The predicted molar refractivity (Wildman–Crippen MR) is 105 cm³/mol. The predicted octanol–water partition coefficient (Wildman–Crippen LogP) is 2.84. The smallest absolute Gasteiger partial charge is 0.193 e. The normalized spacial score (nSPS) is 16.3. The second-order valence-electron chi connectivity index (χ2n) is 5.60. The van der Waals surface area contributed by atoms with Gasteiger partial charge in [0.05, 0.1) is 6.54 Å². The second kappa shape index (κ2) is 9.77. The Morgan fingerprint density at radius 3 is 2.73 bits per heavy atom. The quantitative estimate of drug-likeness (QED) is 0.406. The number of guanidine groups is 1. The number of nitrogens with one attached hydrogen (secondary N) is 1. The Labute approximate surface area is 158 Å². The van der Waals surface area contributed by atoms with Crippen LogP contribution in [0.25, 0.3) is 0 Å². The Bertz CT molecular complexity index is 486. The Morgan fingerprint density at radius 2 is 2.18 bits per heavy atom. The molecule has 0 radical (unpaired) electrons. The lowest BCUT2D eigenvalue weighted by Gasteiger charge is -2.26. The molecule has 0 saturated carbocycles. The van der Waals surface area contributed by atoms with Crippen molar-refractivity contribution in [1.82, 2.24) is 14.8 Å². The molecular formula is C15H26BrIN4O. The molecule has 0 atom stereocenters. The van der Waals surface area contributed by atoms with E-state index < -0.39 is 0 Å². The van der Waals surface area contributed by atoms with Gasteiger partial charge in [0.2, 0.25) is 0 Å². The van der Waals surface area contributed by atoms with Gasteiger partial charge in [0.25, 0.3) is 0 Å². The van der Waals surface area contributed by atoms with E-state index in [1.54, 1.807) is 0 Å². The van der Waals surface area contributed by atoms with Crippen LogP contribution in [0.2, 0.25) is 0 Å². The molecule has 0 aliphatic carbocycles. The van der Waals surface area contributed by atoms with Crippen LogP contribution in [0.5, 0.6) is 0 Å². The van der Waals surface area contributed by atoms with Gasteiger partial charge in [-0.2, -0.15) is 0 Å². The number of hydrogen-bond acceptors (Lipinski definition) is 2. The van der Waals surface area contributed by atoms with Gasteiger partial charge in [-0.15, -0.1) is 24.0 Å². The molecule has 0 bridgehead atoms. The van der Waals surface area contributed by atoms with Gasteiger partial charge in [0, 0.05) is 57.3 Å². The maximum atomic E-state index is 5.40. The summed E-state index contributed by atoms with van der Waals surface area (Å²) in [7, 11) is 5.97. The van der Waals surface area contributed by atoms with Crippen LogP contribution in [-0.4, -0.2) is 49.3 Å². The highest BCUT2D eigenvalue weighted by atomic mass is 127. The first kappa shape index (κ1) is 19.8. The molecule has 126 valence electrons. The van der Waals surface area contributed by atoms with E-state index in [2.05, 4.69) is 62.1 Å². The summed E-state index contributed by atoms with van der Waals surface area (Å²) in [5.41, 5.74) is 1.25. The minimum atomic E-state index is 0. The summed E-state index contributed by atoms with van der Waals surface area (Å²) in [4.78, 5) is 6.54. The summed E-state index contributed by atoms with van der Waals surface area (Å²) in [5.74, 6) is 1.63. The number of nitrogens with zero attached hydrogens (tertiary/aromatic N) is 3. The SMILES string of the molecule is CN=C(NCC1CCOCC1)N(C)Cc1cc(Br)cn1C.I. The first-order chi connectivity index (χ1) is 10.1. The molecule has 1 aromatic heterocycles. The van der Waals surface area contributed by atoms with Crippen LogP contribution in [-0.2, 0) is 18.3 Å². The first-order valence-corrected chi connectivity index (χ1v) is 8.19. The molecule has 0 spiro atoms. The number of ether oxygens (including phenoxy) is 1. The van der Waals surface area contributed by atoms with Gasteiger partial charge in [-0.05, 0) is 40.8 Å². The first-order valence-electron chi connectivity index (χ1n) is 7.40. The maximum absolute atomic E-state index is 5.40. The van der Waals surface area contributed by atoms with Crippen LogP contribution >= 0.6 is 39.9 Å². The lowest BCUT2D eigenvalue weighted by atomic mass is 10.0. The summed E-state index contributed by atoms with van der Waals surface area (Å²) in [6.45, 7) is 3.57. The molecule has 22 heavy (non-hydrogen) atoms. The molecule has 1 aromatic rings. The maximum Gasteiger partial charge on any atom is 0.193 e. The van der Waals surface area contributed by atoms with E-state index >= 15 is 0 Å². The lowest BCUT2D eigenvalue weighted by molar-refractivity contribution is 0.0674. The third-order valence-corrected chi connectivity index (χ3v) is 4.37. The average Bonchev–Trinajstić information content (AvgIpc) is 2.78. The van der Waals surface area contributed by atoms with Crippen LogP contribution in [0, 0.1) is 5.92 Å². The van der Waals surface area contributed by atoms with Gasteiger partial charge in [-0.1, -0.05) is 0 Å². The minimum Gasteiger partial charge on any atom is -0.381 e. The van der Waals surface area contributed by atoms with Crippen LogP contribution in [0.1, 0.15) is 18.5 Å². The molecule has 2 heterocycles. The molecular weight excluding hydrogens is 459 g/mol. The molecule has 1 fully saturated rings. The highest BCUT2D eigenvalue weighted by Crippen LogP contribution is 2.15. The third-order valence-electron chi connectivity index (χ3n) is 3.94. The summed E-state index contributed by atoms with van der Waals surface area (Å²) in [5, 5.41) is 3.48. The third kappa shape index (κ3) is 5.73. The zero-order valence-corrected chi connectivity index (χ0v) is 17.4. The number of hydrogen-bond donors (Lipinski definition) is 1. The Morgan fingerprint density at radius 1 is 1.50 bits per heavy atom. The molecule has 1 aliphatic rings. The molecule has 5 nitrogen and oxygen atoms in total. The van der Waals surface area contributed by atoms with Gasteiger partial charge >= 0.3 is 0 Å². The molecule has 0 aromatic carbocycles. The van der Waals surface area contributed by atoms with Gasteiger partial charge in [-0.3, -0.25) is 4.99 Å². The standard InChI is InChI=1S/C15H25BrN4O.HI/c1-17-15(18-9-12-4-6-21-7-5-12)20(3)11-14-8-13(16)10-19(14)2;/h8,10,12H,4-7,9,11H2,1-3H3,(H,17,18);1H. The topological polar surface area (TPSA) is 41.8 Å². The number of aromatic nitrogens is 1. The van der Waals surface area contributed by atoms with Crippen molar-refractivity contribution < 1.29 is 4.74 Å². The van der Waals surface area contributed by atoms with Crippen LogP contribution in [0.4, 0.5) is 0 Å². The van der Waals surface area contributed by atoms with E-state index in [0.29, 0.717) is 5.92 Å². The second-order valence-corrected chi connectivity index (χ2v) is 6.52. The fraction of sp³-hybridized carbons (Fsp3) is 0.667. The van der Waals surface area contributed by atoms with Crippen molar-refractivity contribution >= 4 is 45.9 Å². The number of aryl methyl sites for hydroxylation is 1. The van der Waals surface area contributed by atoms with Crippen molar-refractivity contribution in [1.29, 1.82) is 0 Å². The fourth-order valence-corrected chi connectivity index (χ4v) is 3.18. The largest absolute Gasteiger partial charge is 0.381 e. The Hall–Kier alpha value is -0.280. The summed E-state index contributed by atoms with van der Waals surface area (Å²) >= 11 is 3.51. The highest BCUT2D eigenvalue weighted by Gasteiger charge is 2.15. The van der Waals surface area contributed by atoms with Crippen LogP contribution in [0.15, 0.2) is 21.7 Å². The average molecular weight is 485 g/mol. The number of aliphatic imine (C=N–C) groups is 1. The molecule has 2 rings (SSSR count). The molecule has 1 aliphatic heterocycles. The molecule has 0 unspecified atom stereocenters. The monoisotopic (exact) mass is 484 g/mol. The zero-order chi connectivity index (χ0) is 15.2. The van der Waals surface area contributed by atoms with Gasteiger partial charge in [0.1, 0.15) is 0 Å². The van der Waals surface area contributed by atoms with Crippen molar-refractivity contribution in [3.05, 3.63) is 22.4 Å². The molecule has 0 amide bonds. The van der Waals surface area contributed by atoms with Gasteiger partial charge in [0.15, 0.2) is 5.96 Å².